The lowest BCUT2D eigenvalue weighted by atomic mass is 9.91. The second kappa shape index (κ2) is 13.8. The Labute approximate surface area is 254 Å². The molecule has 0 radical (unpaired) electrons. The Morgan fingerprint density at radius 2 is 1.80 bits per heavy atom. The molecule has 1 aromatic heterocycles. The lowest BCUT2D eigenvalue weighted by molar-refractivity contribution is -0.137. The van der Waals surface area contributed by atoms with E-state index in [9.17, 15) is 18.0 Å². The van der Waals surface area contributed by atoms with Gasteiger partial charge in [0.2, 0.25) is 5.95 Å². The minimum absolute atomic E-state index is 0.0236. The van der Waals surface area contributed by atoms with Crippen molar-refractivity contribution in [3.05, 3.63) is 101 Å². The number of halogens is 3. The van der Waals surface area contributed by atoms with Crippen LogP contribution in [0.15, 0.2) is 79.0 Å². The summed E-state index contributed by atoms with van der Waals surface area (Å²) in [4.78, 5) is 20.7. The Morgan fingerprint density at radius 1 is 1.00 bits per heavy atom. The molecular weight excluding hydrogens is 567 g/mol. The molecular formula is C33H36F3N7O. The van der Waals surface area contributed by atoms with Gasteiger partial charge >= 0.3 is 6.18 Å². The highest BCUT2D eigenvalue weighted by Gasteiger charge is 2.35. The first-order valence-corrected chi connectivity index (χ1v) is 14.7. The highest BCUT2D eigenvalue weighted by Crippen LogP contribution is 2.36. The maximum atomic E-state index is 13.9. The molecule has 1 atom stereocenters. The van der Waals surface area contributed by atoms with Crippen molar-refractivity contribution in [1.82, 2.24) is 20.6 Å². The van der Waals surface area contributed by atoms with Gasteiger partial charge in [-0.25, -0.2) is 4.98 Å². The molecule has 0 saturated carbocycles. The average Bonchev–Trinajstić information content (AvgIpc) is 3.01. The fraction of sp³-hybridized carbons (Fsp3) is 0.303. The zero-order chi connectivity index (χ0) is 31.1. The van der Waals surface area contributed by atoms with Gasteiger partial charge in [-0.1, -0.05) is 36.4 Å². The largest absolute Gasteiger partial charge is 0.421 e. The number of para-hydroxylation sites is 1. The van der Waals surface area contributed by atoms with Gasteiger partial charge in [0, 0.05) is 36.7 Å². The normalized spacial score (nSPS) is 15.1. The molecule has 0 bridgehead atoms. The minimum atomic E-state index is -4.71. The fourth-order valence-corrected chi connectivity index (χ4v) is 5.08. The Kier molecular flexibility index (Phi) is 9.64. The van der Waals surface area contributed by atoms with Gasteiger partial charge in [-0.3, -0.25) is 4.79 Å². The maximum Gasteiger partial charge on any atom is 0.421 e. The molecule has 230 valence electrons. The van der Waals surface area contributed by atoms with Crippen LogP contribution in [0.3, 0.4) is 0 Å². The number of rotatable bonds is 10. The highest BCUT2D eigenvalue weighted by molar-refractivity contribution is 6.00. The van der Waals surface area contributed by atoms with Crippen molar-refractivity contribution >= 4 is 34.7 Å². The van der Waals surface area contributed by atoms with Crippen LogP contribution in [0.25, 0.3) is 0 Å². The third kappa shape index (κ3) is 8.04. The Balaban J connectivity index is 1.27. The van der Waals surface area contributed by atoms with Crippen LogP contribution < -0.4 is 26.6 Å². The molecule has 44 heavy (non-hydrogen) atoms. The second-order valence-electron chi connectivity index (χ2n) is 11.1. The summed E-state index contributed by atoms with van der Waals surface area (Å²) in [5.74, 6) is -0.373. The van der Waals surface area contributed by atoms with Crippen LogP contribution in [0.4, 0.5) is 42.0 Å². The molecule has 5 rings (SSSR count). The molecule has 8 nitrogen and oxygen atoms in total. The average molecular weight is 604 g/mol. The number of piperidine rings is 1. The Bertz CT molecular complexity index is 1570. The van der Waals surface area contributed by atoms with Crippen LogP contribution in [0.2, 0.25) is 0 Å². The molecule has 4 aromatic rings. The summed E-state index contributed by atoms with van der Waals surface area (Å²) in [5, 5.41) is 15.4. The Morgan fingerprint density at radius 3 is 2.52 bits per heavy atom. The number of carbonyl (C=O) groups excluding carboxylic acids is 1. The van der Waals surface area contributed by atoms with Crippen molar-refractivity contribution in [2.45, 2.75) is 51.4 Å². The molecule has 11 heteroatoms. The monoisotopic (exact) mass is 603 g/mol. The Hall–Kier alpha value is -4.64. The number of hydrogen-bond acceptors (Lipinski definition) is 7. The third-order valence-electron chi connectivity index (χ3n) is 7.30. The number of benzene rings is 3. The topological polar surface area (TPSA) is 103 Å². The van der Waals surface area contributed by atoms with Crippen molar-refractivity contribution in [1.29, 1.82) is 0 Å². The van der Waals surface area contributed by atoms with E-state index in [-0.39, 0.29) is 23.2 Å². The summed E-state index contributed by atoms with van der Waals surface area (Å²) in [6.07, 6.45) is -1.61. The summed E-state index contributed by atoms with van der Waals surface area (Å²) >= 11 is 0. The molecule has 3 aromatic carbocycles. The van der Waals surface area contributed by atoms with E-state index in [1.54, 1.807) is 26.0 Å². The van der Waals surface area contributed by atoms with E-state index >= 15 is 0 Å². The molecule has 1 amide bonds. The zero-order valence-corrected chi connectivity index (χ0v) is 24.6. The lowest BCUT2D eigenvalue weighted by Crippen LogP contribution is -2.30. The van der Waals surface area contributed by atoms with E-state index in [1.165, 1.54) is 30.5 Å². The van der Waals surface area contributed by atoms with E-state index in [4.69, 9.17) is 0 Å². The SMILES string of the molecule is CC(C)NC(=O)c1ccccc1Nc1nc(Nc2ccc(CNc3cccc(C4CCCNC4)c3)cc2)ncc1C(F)(F)F. The van der Waals surface area contributed by atoms with E-state index < -0.39 is 23.5 Å². The molecule has 1 aliphatic rings. The predicted octanol–water partition coefficient (Wildman–Crippen LogP) is 7.20. The number of aromatic nitrogens is 2. The lowest BCUT2D eigenvalue weighted by Gasteiger charge is -2.23. The van der Waals surface area contributed by atoms with Gasteiger partial charge in [-0.15, -0.1) is 0 Å². The standard InChI is InChI=1S/C33H36F3N7O/c1-21(2)40-31(44)27-10-3-4-11-29(27)42-30-28(33(34,35)36)20-39-32(43-30)41-25-14-12-22(13-15-25)18-38-26-9-5-7-23(17-26)24-8-6-16-37-19-24/h3-5,7,9-15,17,20-21,24,37-38H,6,8,16,18-19H2,1-2H3,(H,40,44)(H2,39,41,42,43). The van der Waals surface area contributed by atoms with Crippen molar-refractivity contribution in [3.63, 3.8) is 0 Å². The number of amides is 1. The summed E-state index contributed by atoms with van der Waals surface area (Å²) in [5.41, 5.74) is 3.37. The van der Waals surface area contributed by atoms with E-state index in [0.717, 1.165) is 30.5 Å². The second-order valence-corrected chi connectivity index (χ2v) is 11.1. The summed E-state index contributed by atoms with van der Waals surface area (Å²) in [6.45, 7) is 6.29. The molecule has 2 heterocycles. The number of nitrogens with zero attached hydrogens (tertiary/aromatic N) is 2. The van der Waals surface area contributed by atoms with Crippen molar-refractivity contribution in [3.8, 4) is 0 Å². The number of alkyl halides is 3. The zero-order valence-electron chi connectivity index (χ0n) is 24.6. The molecule has 1 fully saturated rings. The predicted molar refractivity (Wildman–Crippen MR) is 168 cm³/mol. The van der Waals surface area contributed by atoms with Crippen LogP contribution in [0.1, 0.15) is 59.7 Å². The van der Waals surface area contributed by atoms with Crippen molar-refractivity contribution < 1.29 is 18.0 Å². The van der Waals surface area contributed by atoms with Crippen molar-refractivity contribution in [2.75, 3.05) is 29.0 Å². The smallest absolute Gasteiger partial charge is 0.381 e. The molecule has 1 saturated heterocycles. The summed E-state index contributed by atoms with van der Waals surface area (Å²) in [7, 11) is 0. The fourth-order valence-electron chi connectivity index (χ4n) is 5.08. The van der Waals surface area contributed by atoms with Gasteiger partial charge in [-0.2, -0.15) is 18.2 Å². The van der Waals surface area contributed by atoms with Gasteiger partial charge in [0.05, 0.1) is 11.3 Å². The van der Waals surface area contributed by atoms with Crippen LogP contribution in [-0.4, -0.2) is 35.0 Å². The number of nitrogens with one attached hydrogen (secondary N) is 5. The number of carbonyl (C=O) groups is 1. The highest BCUT2D eigenvalue weighted by atomic mass is 19.4. The van der Waals surface area contributed by atoms with Gasteiger partial charge in [0.1, 0.15) is 11.4 Å². The molecule has 1 aliphatic heterocycles. The van der Waals surface area contributed by atoms with Crippen LogP contribution in [0, 0.1) is 0 Å². The summed E-state index contributed by atoms with van der Waals surface area (Å²) < 4.78 is 41.6. The maximum absolute atomic E-state index is 13.9. The molecule has 5 N–H and O–H groups in total. The summed E-state index contributed by atoms with van der Waals surface area (Å²) in [6, 6.07) is 22.2. The van der Waals surface area contributed by atoms with Crippen LogP contribution in [0.5, 0.6) is 0 Å². The van der Waals surface area contributed by atoms with Gasteiger partial charge in [0.15, 0.2) is 0 Å². The van der Waals surface area contributed by atoms with E-state index in [2.05, 4.69) is 60.8 Å². The molecule has 0 aliphatic carbocycles. The van der Waals surface area contributed by atoms with Crippen molar-refractivity contribution in [2.24, 2.45) is 0 Å². The van der Waals surface area contributed by atoms with Gasteiger partial charge < -0.3 is 26.6 Å². The number of anilines is 5. The number of hydrogen-bond donors (Lipinski definition) is 5. The third-order valence-corrected chi connectivity index (χ3v) is 7.30. The first-order chi connectivity index (χ1) is 21.2. The first kappa shape index (κ1) is 30.8. The quantitative estimate of drug-likeness (QED) is 0.131. The first-order valence-electron chi connectivity index (χ1n) is 14.7. The van der Waals surface area contributed by atoms with Gasteiger partial charge in [0.25, 0.3) is 5.91 Å². The van der Waals surface area contributed by atoms with E-state index in [1.807, 2.05) is 24.3 Å². The van der Waals surface area contributed by atoms with Crippen LogP contribution in [-0.2, 0) is 12.7 Å². The molecule has 0 spiro atoms. The van der Waals surface area contributed by atoms with Gasteiger partial charge in [-0.05, 0) is 86.7 Å². The van der Waals surface area contributed by atoms with E-state index in [0.29, 0.717) is 18.2 Å². The molecule has 1 unspecified atom stereocenters. The minimum Gasteiger partial charge on any atom is -0.381 e. The van der Waals surface area contributed by atoms with Crippen LogP contribution >= 0.6 is 0 Å².